The lowest BCUT2D eigenvalue weighted by atomic mass is 10.0. The molecular weight excluding hydrogens is 208 g/mol. The third-order valence-corrected chi connectivity index (χ3v) is 2.97. The highest BCUT2D eigenvalue weighted by Crippen LogP contribution is 2.17. The molecule has 0 spiro atoms. The summed E-state index contributed by atoms with van der Waals surface area (Å²) in [6, 6.07) is 0. The van der Waals surface area contributed by atoms with Crippen LogP contribution in [-0.4, -0.2) is 42.9 Å². The summed E-state index contributed by atoms with van der Waals surface area (Å²) in [5.41, 5.74) is 4.64. The third kappa shape index (κ3) is 3.73. The van der Waals surface area contributed by atoms with E-state index in [0.717, 1.165) is 12.8 Å². The van der Waals surface area contributed by atoms with E-state index in [0.29, 0.717) is 26.2 Å². The Hall–Kier alpha value is -0.650. The molecule has 94 valence electrons. The molecule has 0 bridgehead atoms. The van der Waals surface area contributed by atoms with Crippen LogP contribution in [0.4, 0.5) is 0 Å². The van der Waals surface area contributed by atoms with Gasteiger partial charge in [-0.15, -0.1) is 0 Å². The largest absolute Gasteiger partial charge is 0.386 e. The highest BCUT2D eigenvalue weighted by atomic mass is 16.5. The molecule has 1 amide bonds. The molecule has 2 unspecified atom stereocenters. The number of hydrogen-bond acceptors (Lipinski definition) is 4. The summed E-state index contributed by atoms with van der Waals surface area (Å²) < 4.78 is 5.10. The Labute approximate surface area is 96.3 Å². The average Bonchev–Trinajstić information content (AvgIpc) is 2.70. The molecule has 5 heteroatoms. The van der Waals surface area contributed by atoms with E-state index in [9.17, 15) is 9.90 Å². The molecule has 0 aromatic carbocycles. The average molecular weight is 230 g/mol. The lowest BCUT2D eigenvalue weighted by Crippen LogP contribution is -2.46. The maximum Gasteiger partial charge on any atom is 0.224 e. The molecule has 1 rings (SSSR count). The first-order valence-corrected chi connectivity index (χ1v) is 5.89. The molecule has 1 fully saturated rings. The standard InChI is InChI=1S/C11H22N2O3/c1-2-3-9(6-12)10(14)13-7-11(15)4-5-16-8-11/h9,15H,2-8,12H2,1H3,(H,13,14). The Morgan fingerprint density at radius 2 is 2.44 bits per heavy atom. The number of nitrogens with one attached hydrogen (secondary N) is 1. The Morgan fingerprint density at radius 1 is 1.69 bits per heavy atom. The third-order valence-electron chi connectivity index (χ3n) is 2.97. The van der Waals surface area contributed by atoms with Crippen LogP contribution in [0.5, 0.6) is 0 Å². The Bertz CT molecular complexity index is 227. The number of rotatable bonds is 6. The molecule has 4 N–H and O–H groups in total. The molecule has 2 atom stereocenters. The van der Waals surface area contributed by atoms with Gasteiger partial charge in [0, 0.05) is 26.1 Å². The van der Waals surface area contributed by atoms with Gasteiger partial charge in [0.25, 0.3) is 0 Å². The lowest BCUT2D eigenvalue weighted by Gasteiger charge is -2.22. The summed E-state index contributed by atoms with van der Waals surface area (Å²) in [5.74, 6) is -0.208. The van der Waals surface area contributed by atoms with Gasteiger partial charge in [0.1, 0.15) is 5.60 Å². The van der Waals surface area contributed by atoms with Crippen molar-refractivity contribution in [3.63, 3.8) is 0 Å². The first-order chi connectivity index (χ1) is 7.61. The van der Waals surface area contributed by atoms with Crippen LogP contribution in [0.1, 0.15) is 26.2 Å². The number of amides is 1. The normalized spacial score (nSPS) is 26.7. The second-order valence-electron chi connectivity index (χ2n) is 4.47. The summed E-state index contributed by atoms with van der Waals surface area (Å²) in [6.07, 6.45) is 2.30. The number of nitrogens with two attached hydrogens (primary N) is 1. The van der Waals surface area contributed by atoms with E-state index < -0.39 is 5.60 Å². The fourth-order valence-electron chi connectivity index (χ4n) is 1.84. The number of carbonyl (C=O) groups excluding carboxylic acids is 1. The molecule has 1 heterocycles. The highest BCUT2D eigenvalue weighted by molar-refractivity contribution is 5.78. The molecule has 1 saturated heterocycles. The molecule has 0 aromatic rings. The maximum atomic E-state index is 11.7. The van der Waals surface area contributed by atoms with Crippen LogP contribution < -0.4 is 11.1 Å². The van der Waals surface area contributed by atoms with Gasteiger partial charge >= 0.3 is 0 Å². The molecule has 1 aliphatic heterocycles. The van der Waals surface area contributed by atoms with Gasteiger partial charge in [-0.1, -0.05) is 13.3 Å². The Morgan fingerprint density at radius 3 is 2.94 bits per heavy atom. The number of hydrogen-bond donors (Lipinski definition) is 3. The smallest absolute Gasteiger partial charge is 0.224 e. The SMILES string of the molecule is CCCC(CN)C(=O)NCC1(O)CCOC1. The number of carbonyl (C=O) groups is 1. The molecule has 1 aliphatic rings. The Kier molecular flexibility index (Phi) is 5.18. The highest BCUT2D eigenvalue weighted by Gasteiger charge is 2.33. The van der Waals surface area contributed by atoms with E-state index in [1.165, 1.54) is 0 Å². The number of aliphatic hydroxyl groups is 1. The van der Waals surface area contributed by atoms with Gasteiger partial charge in [-0.2, -0.15) is 0 Å². The van der Waals surface area contributed by atoms with Crippen LogP contribution in [0.3, 0.4) is 0 Å². The summed E-state index contributed by atoms with van der Waals surface area (Å²) >= 11 is 0. The quantitative estimate of drug-likeness (QED) is 0.581. The van der Waals surface area contributed by atoms with E-state index in [1.807, 2.05) is 6.92 Å². The monoisotopic (exact) mass is 230 g/mol. The van der Waals surface area contributed by atoms with E-state index in [2.05, 4.69) is 5.32 Å². The van der Waals surface area contributed by atoms with Crippen LogP contribution in [-0.2, 0) is 9.53 Å². The van der Waals surface area contributed by atoms with Crippen molar-refractivity contribution in [2.75, 3.05) is 26.3 Å². The minimum absolute atomic E-state index is 0.0651. The summed E-state index contributed by atoms with van der Waals surface area (Å²) in [7, 11) is 0. The van der Waals surface area contributed by atoms with Crippen molar-refractivity contribution in [2.24, 2.45) is 11.7 Å². The molecule has 0 saturated carbocycles. The predicted octanol–water partition coefficient (Wildman–Crippen LogP) is -0.371. The second-order valence-corrected chi connectivity index (χ2v) is 4.47. The van der Waals surface area contributed by atoms with E-state index >= 15 is 0 Å². The minimum atomic E-state index is -0.888. The topological polar surface area (TPSA) is 84.6 Å². The van der Waals surface area contributed by atoms with Crippen molar-refractivity contribution in [1.82, 2.24) is 5.32 Å². The van der Waals surface area contributed by atoms with Crippen molar-refractivity contribution in [2.45, 2.75) is 31.8 Å². The van der Waals surface area contributed by atoms with Gasteiger partial charge in [-0.05, 0) is 6.42 Å². The van der Waals surface area contributed by atoms with Crippen LogP contribution in [0, 0.1) is 5.92 Å². The molecule has 0 aromatic heterocycles. The van der Waals surface area contributed by atoms with Crippen LogP contribution in [0.2, 0.25) is 0 Å². The second kappa shape index (κ2) is 6.18. The van der Waals surface area contributed by atoms with Gasteiger partial charge in [-0.25, -0.2) is 0 Å². The fourth-order valence-corrected chi connectivity index (χ4v) is 1.84. The summed E-state index contributed by atoms with van der Waals surface area (Å²) in [4.78, 5) is 11.7. The van der Waals surface area contributed by atoms with Crippen molar-refractivity contribution in [3.05, 3.63) is 0 Å². The lowest BCUT2D eigenvalue weighted by molar-refractivity contribution is -0.126. The minimum Gasteiger partial charge on any atom is -0.386 e. The van der Waals surface area contributed by atoms with Crippen molar-refractivity contribution >= 4 is 5.91 Å². The zero-order chi connectivity index (χ0) is 12.0. The predicted molar refractivity (Wildman–Crippen MR) is 60.8 cm³/mol. The van der Waals surface area contributed by atoms with E-state index in [-0.39, 0.29) is 18.4 Å². The first-order valence-electron chi connectivity index (χ1n) is 5.89. The number of ether oxygens (including phenoxy) is 1. The van der Waals surface area contributed by atoms with Crippen molar-refractivity contribution in [1.29, 1.82) is 0 Å². The van der Waals surface area contributed by atoms with E-state index in [1.54, 1.807) is 0 Å². The summed E-state index contributed by atoms with van der Waals surface area (Å²) in [6.45, 7) is 3.49. The zero-order valence-electron chi connectivity index (χ0n) is 9.87. The van der Waals surface area contributed by atoms with Crippen molar-refractivity contribution < 1.29 is 14.6 Å². The fraction of sp³-hybridized carbons (Fsp3) is 0.909. The molecule has 16 heavy (non-hydrogen) atoms. The van der Waals surface area contributed by atoms with Gasteiger partial charge in [-0.3, -0.25) is 4.79 Å². The van der Waals surface area contributed by atoms with Gasteiger partial charge in [0.15, 0.2) is 0 Å². The molecule has 0 radical (unpaired) electrons. The molecule has 5 nitrogen and oxygen atoms in total. The molecular formula is C11H22N2O3. The first kappa shape index (κ1) is 13.4. The molecule has 0 aliphatic carbocycles. The summed E-state index contributed by atoms with van der Waals surface area (Å²) in [5, 5.41) is 12.7. The van der Waals surface area contributed by atoms with Crippen molar-refractivity contribution in [3.8, 4) is 0 Å². The van der Waals surface area contributed by atoms with Gasteiger partial charge in [0.05, 0.1) is 12.5 Å². The Balaban J connectivity index is 2.33. The van der Waals surface area contributed by atoms with Gasteiger partial charge in [0.2, 0.25) is 5.91 Å². The zero-order valence-corrected chi connectivity index (χ0v) is 9.87. The van der Waals surface area contributed by atoms with Crippen LogP contribution in [0.15, 0.2) is 0 Å². The van der Waals surface area contributed by atoms with Crippen LogP contribution >= 0.6 is 0 Å². The maximum absolute atomic E-state index is 11.7. The van der Waals surface area contributed by atoms with Gasteiger partial charge < -0.3 is 20.9 Å². The van der Waals surface area contributed by atoms with E-state index in [4.69, 9.17) is 10.5 Å². The van der Waals surface area contributed by atoms with Crippen LogP contribution in [0.25, 0.3) is 0 Å².